The van der Waals surface area contributed by atoms with Crippen molar-refractivity contribution in [3.63, 3.8) is 0 Å². The van der Waals surface area contributed by atoms with Crippen LogP contribution in [0.3, 0.4) is 0 Å². The molecule has 0 atom stereocenters. The Morgan fingerprint density at radius 1 is 0.429 bits per heavy atom. The lowest BCUT2D eigenvalue weighted by Gasteiger charge is -2.33. The Morgan fingerprint density at radius 2 is 0.571 bits per heavy atom. The first kappa shape index (κ1) is 19.8. The highest BCUT2D eigenvalue weighted by atomic mass is 35.5. The molecule has 1 aromatic rings. The van der Waals surface area contributed by atoms with Gasteiger partial charge in [-0.2, -0.15) is 0 Å². The van der Waals surface area contributed by atoms with Crippen molar-refractivity contribution in [3.05, 3.63) is 15.1 Å². The van der Waals surface area contributed by atoms with Crippen LogP contribution in [0.4, 0.5) is 0 Å². The molecule has 0 aliphatic rings. The van der Waals surface area contributed by atoms with Crippen LogP contribution in [-0.2, 0) is 0 Å². The summed E-state index contributed by atoms with van der Waals surface area (Å²) in [4.78, 5) is 0. The molecule has 0 amide bonds. The van der Waals surface area contributed by atoms with Gasteiger partial charge < -0.3 is 0 Å². The molecule has 0 N–H and O–H groups in total. The number of rotatable bonds is 3. The van der Waals surface area contributed by atoms with Gasteiger partial charge in [-0.15, -0.1) is 0 Å². The predicted molar refractivity (Wildman–Crippen MR) is 110 cm³/mol. The minimum absolute atomic E-state index is 0.852. The van der Waals surface area contributed by atoms with Crippen LogP contribution >= 0.6 is 34.8 Å². The lowest BCUT2D eigenvalue weighted by molar-refractivity contribution is 1.65. The molecule has 0 aliphatic carbocycles. The SMILES string of the molecule is C[Si](C)(C)c1c(Cl)c([Si](C)(C)C)c(Cl)c([Si](C)(C)C)c1Cl. The predicted octanol–water partition coefficient (Wildman–Crippen LogP) is 5.28. The third-order valence-corrected chi connectivity index (χ3v) is 11.7. The molecule has 0 fully saturated rings. The van der Waals surface area contributed by atoms with Crippen molar-refractivity contribution in [2.24, 2.45) is 0 Å². The molecule has 0 nitrogen and oxygen atoms in total. The molecule has 0 saturated carbocycles. The summed E-state index contributed by atoms with van der Waals surface area (Å²) in [7, 11) is -4.93. The molecule has 0 unspecified atom stereocenters. The summed E-state index contributed by atoms with van der Waals surface area (Å²) in [6, 6.07) is 0. The molecule has 0 spiro atoms. The van der Waals surface area contributed by atoms with Gasteiger partial charge in [-0.25, -0.2) is 0 Å². The normalized spacial score (nSPS) is 13.7. The molecule has 0 radical (unpaired) electrons. The Morgan fingerprint density at radius 3 is 0.667 bits per heavy atom. The maximum Gasteiger partial charge on any atom is 0.0815 e. The van der Waals surface area contributed by atoms with Gasteiger partial charge >= 0.3 is 0 Å². The van der Waals surface area contributed by atoms with Crippen LogP contribution < -0.4 is 15.6 Å². The quantitative estimate of drug-likeness (QED) is 0.608. The van der Waals surface area contributed by atoms with Crippen LogP contribution in [0.2, 0.25) is 74.0 Å². The van der Waals surface area contributed by atoms with Crippen molar-refractivity contribution < 1.29 is 0 Å². The fourth-order valence-electron chi connectivity index (χ4n) is 2.64. The highest BCUT2D eigenvalue weighted by Gasteiger charge is 2.37. The van der Waals surface area contributed by atoms with Crippen molar-refractivity contribution in [1.82, 2.24) is 0 Å². The Bertz CT molecular complexity index is 459. The van der Waals surface area contributed by atoms with Crippen LogP contribution in [0.5, 0.6) is 0 Å². The summed E-state index contributed by atoms with van der Waals surface area (Å²) in [5.74, 6) is 0. The molecule has 21 heavy (non-hydrogen) atoms. The van der Waals surface area contributed by atoms with E-state index in [1.54, 1.807) is 0 Å². The van der Waals surface area contributed by atoms with E-state index in [1.807, 2.05) is 0 Å². The molecule has 0 saturated heterocycles. The topological polar surface area (TPSA) is 0 Å². The minimum atomic E-state index is -1.64. The van der Waals surface area contributed by atoms with Gasteiger partial charge in [-0.1, -0.05) is 93.7 Å². The third-order valence-electron chi connectivity index (χ3n) is 3.57. The fourth-order valence-corrected chi connectivity index (χ4v) is 13.5. The van der Waals surface area contributed by atoms with Gasteiger partial charge in [-0.3, -0.25) is 0 Å². The second-order valence-electron chi connectivity index (χ2n) is 8.82. The summed E-state index contributed by atoms with van der Waals surface area (Å²) < 4.78 is 0. The van der Waals surface area contributed by atoms with Crippen LogP contribution in [0.1, 0.15) is 0 Å². The van der Waals surface area contributed by atoms with E-state index in [-0.39, 0.29) is 0 Å². The molecule has 120 valence electrons. The maximum absolute atomic E-state index is 6.83. The zero-order valence-electron chi connectivity index (χ0n) is 14.6. The van der Waals surface area contributed by atoms with Crippen molar-refractivity contribution in [2.75, 3.05) is 0 Å². The second-order valence-corrected chi connectivity index (χ2v) is 25.0. The fraction of sp³-hybridized carbons (Fsp3) is 0.600. The monoisotopic (exact) mass is 396 g/mol. The Labute approximate surface area is 148 Å². The average Bonchev–Trinajstić information content (AvgIpc) is 2.07. The molecule has 0 aromatic heterocycles. The summed E-state index contributed by atoms with van der Waals surface area (Å²) in [6.45, 7) is 20.7. The van der Waals surface area contributed by atoms with E-state index in [2.05, 4.69) is 58.9 Å². The first-order valence-electron chi connectivity index (χ1n) is 7.32. The zero-order chi connectivity index (χ0) is 17.0. The van der Waals surface area contributed by atoms with Crippen molar-refractivity contribution in [1.29, 1.82) is 0 Å². The average molecular weight is 398 g/mol. The number of halogens is 3. The molecule has 0 heterocycles. The molecule has 6 heteroatoms. The standard InChI is InChI=1S/C15H27Cl3Si3/c1-19(2,3)13-10(16)14(20(4,5)6)12(18)15(11(13)17)21(7,8)9/h1-9H3. The molecular formula is C15H27Cl3Si3. The van der Waals surface area contributed by atoms with E-state index in [0.717, 1.165) is 15.1 Å². The van der Waals surface area contributed by atoms with Gasteiger partial charge in [0.15, 0.2) is 0 Å². The van der Waals surface area contributed by atoms with E-state index in [9.17, 15) is 0 Å². The molecule has 1 rings (SSSR count). The maximum atomic E-state index is 6.83. The van der Waals surface area contributed by atoms with Gasteiger partial charge in [0, 0.05) is 15.1 Å². The number of hydrogen-bond acceptors (Lipinski definition) is 0. The van der Waals surface area contributed by atoms with E-state index < -0.39 is 24.2 Å². The smallest absolute Gasteiger partial charge is 0.0815 e. The minimum Gasteiger partial charge on any atom is -0.0845 e. The molecule has 0 bridgehead atoms. The van der Waals surface area contributed by atoms with E-state index >= 15 is 0 Å². The van der Waals surface area contributed by atoms with Crippen LogP contribution in [0, 0.1) is 0 Å². The molecule has 0 aliphatic heterocycles. The Kier molecular flexibility index (Phi) is 5.64. The lowest BCUT2D eigenvalue weighted by atomic mass is 10.3. The third kappa shape index (κ3) is 3.99. The van der Waals surface area contributed by atoms with E-state index in [1.165, 1.54) is 15.6 Å². The molecular weight excluding hydrogens is 371 g/mol. The van der Waals surface area contributed by atoms with E-state index in [0.29, 0.717) is 0 Å². The number of benzene rings is 1. The zero-order valence-corrected chi connectivity index (χ0v) is 19.9. The first-order valence-corrected chi connectivity index (χ1v) is 19.0. The van der Waals surface area contributed by atoms with Crippen molar-refractivity contribution in [2.45, 2.75) is 58.9 Å². The van der Waals surface area contributed by atoms with Crippen LogP contribution in [0.15, 0.2) is 0 Å². The Hall–Kier alpha value is 0.741. The van der Waals surface area contributed by atoms with Gasteiger partial charge in [0.05, 0.1) is 24.2 Å². The second kappa shape index (κ2) is 5.99. The van der Waals surface area contributed by atoms with Gasteiger partial charge in [-0.05, 0) is 15.6 Å². The summed E-state index contributed by atoms with van der Waals surface area (Å²) in [5.41, 5.74) is 0. The van der Waals surface area contributed by atoms with E-state index in [4.69, 9.17) is 34.8 Å². The number of hydrogen-bond donors (Lipinski definition) is 0. The van der Waals surface area contributed by atoms with Gasteiger partial charge in [0.1, 0.15) is 0 Å². The lowest BCUT2D eigenvalue weighted by Crippen LogP contribution is -2.54. The summed E-state index contributed by atoms with van der Waals surface area (Å²) in [6.07, 6.45) is 0. The summed E-state index contributed by atoms with van der Waals surface area (Å²) >= 11 is 20.5. The van der Waals surface area contributed by atoms with Gasteiger partial charge in [0.2, 0.25) is 0 Å². The van der Waals surface area contributed by atoms with Gasteiger partial charge in [0.25, 0.3) is 0 Å². The first-order chi connectivity index (χ1) is 9.10. The van der Waals surface area contributed by atoms with Crippen LogP contribution in [-0.4, -0.2) is 24.2 Å². The summed E-state index contributed by atoms with van der Waals surface area (Å²) in [5, 5.41) is 6.15. The highest BCUT2D eigenvalue weighted by molar-refractivity contribution is 6.99. The van der Waals surface area contributed by atoms with Crippen molar-refractivity contribution in [3.8, 4) is 0 Å². The largest absolute Gasteiger partial charge is 0.0845 e. The molecule has 1 aromatic carbocycles. The highest BCUT2D eigenvalue weighted by Crippen LogP contribution is 2.27. The van der Waals surface area contributed by atoms with Crippen LogP contribution in [0.25, 0.3) is 0 Å². The van der Waals surface area contributed by atoms with Crippen molar-refractivity contribution >= 4 is 74.6 Å². The Balaban J connectivity index is 4.04.